The van der Waals surface area contributed by atoms with Gasteiger partial charge in [0.2, 0.25) is 5.82 Å². The fourth-order valence-corrected chi connectivity index (χ4v) is 2.84. The number of pyridine rings is 1. The molecule has 1 aromatic rings. The minimum Gasteiger partial charge on any atom is -0.480 e. The van der Waals surface area contributed by atoms with Crippen LogP contribution in [0.1, 0.15) is 39.0 Å². The summed E-state index contributed by atoms with van der Waals surface area (Å²) in [5.74, 6) is -0.421. The van der Waals surface area contributed by atoms with Gasteiger partial charge in [-0.3, -0.25) is 10.1 Å². The van der Waals surface area contributed by atoms with E-state index < -0.39 is 16.4 Å². The van der Waals surface area contributed by atoms with Crippen LogP contribution in [0.15, 0.2) is 18.3 Å². The zero-order valence-electron chi connectivity index (χ0n) is 11.9. The van der Waals surface area contributed by atoms with Gasteiger partial charge in [0.15, 0.2) is 0 Å². The molecule has 0 atom stereocenters. The van der Waals surface area contributed by atoms with Gasteiger partial charge in [0.1, 0.15) is 5.54 Å². The Labute approximate surface area is 122 Å². The van der Waals surface area contributed by atoms with Crippen molar-refractivity contribution in [1.82, 2.24) is 4.98 Å². The van der Waals surface area contributed by atoms with E-state index in [1.807, 2.05) is 0 Å². The number of hydrogen-bond donors (Lipinski definition) is 2. The zero-order chi connectivity index (χ0) is 15.5. The van der Waals surface area contributed by atoms with Crippen LogP contribution in [0, 0.1) is 16.0 Å². The number of aliphatic carboxylic acids is 1. The van der Waals surface area contributed by atoms with Crippen LogP contribution in [0.5, 0.6) is 0 Å². The van der Waals surface area contributed by atoms with Crippen LogP contribution in [0.25, 0.3) is 0 Å². The Bertz CT molecular complexity index is 539. The fraction of sp³-hybridized carbons (Fsp3) is 0.571. The Morgan fingerprint density at radius 1 is 1.57 bits per heavy atom. The molecule has 0 saturated heterocycles. The van der Waals surface area contributed by atoms with Crippen molar-refractivity contribution >= 4 is 17.5 Å². The van der Waals surface area contributed by atoms with Crippen LogP contribution in [-0.4, -0.2) is 26.5 Å². The van der Waals surface area contributed by atoms with Crippen LogP contribution in [-0.2, 0) is 4.79 Å². The van der Waals surface area contributed by atoms with Crippen LogP contribution in [0.3, 0.4) is 0 Å². The van der Waals surface area contributed by atoms with Gasteiger partial charge in [-0.2, -0.15) is 0 Å². The van der Waals surface area contributed by atoms with Crippen molar-refractivity contribution in [2.75, 3.05) is 5.32 Å². The predicted octanol–water partition coefficient (Wildman–Crippen LogP) is 2.83. The maximum absolute atomic E-state index is 11.7. The third-order valence-electron chi connectivity index (χ3n) is 4.29. The highest BCUT2D eigenvalue weighted by atomic mass is 16.6. The number of nitrogens with zero attached hydrogens (tertiary/aromatic N) is 2. The molecule has 21 heavy (non-hydrogen) atoms. The van der Waals surface area contributed by atoms with Gasteiger partial charge in [-0.25, -0.2) is 9.78 Å². The van der Waals surface area contributed by atoms with Crippen molar-refractivity contribution < 1.29 is 14.8 Å². The summed E-state index contributed by atoms with van der Waals surface area (Å²) >= 11 is 0. The number of carbonyl (C=O) groups is 1. The van der Waals surface area contributed by atoms with Crippen molar-refractivity contribution in [3.05, 3.63) is 28.4 Å². The fourth-order valence-electron chi connectivity index (χ4n) is 2.84. The molecule has 0 spiro atoms. The molecule has 0 unspecified atom stereocenters. The highest BCUT2D eigenvalue weighted by molar-refractivity contribution is 5.83. The van der Waals surface area contributed by atoms with Crippen LogP contribution >= 0.6 is 0 Å². The normalized spacial score (nSPS) is 25.3. The van der Waals surface area contributed by atoms with Gasteiger partial charge in [-0.05, 0) is 37.7 Å². The van der Waals surface area contributed by atoms with Gasteiger partial charge in [0.25, 0.3) is 0 Å². The van der Waals surface area contributed by atoms with E-state index in [9.17, 15) is 20.0 Å². The first-order valence-electron chi connectivity index (χ1n) is 7.09. The van der Waals surface area contributed by atoms with E-state index in [2.05, 4.69) is 17.2 Å². The lowest BCUT2D eigenvalue weighted by Crippen LogP contribution is -2.49. The first-order valence-corrected chi connectivity index (χ1v) is 7.09. The molecule has 0 radical (unpaired) electrons. The highest BCUT2D eigenvalue weighted by Gasteiger charge is 2.43. The maximum Gasteiger partial charge on any atom is 0.329 e. The maximum atomic E-state index is 11.7. The second kappa shape index (κ2) is 6.07. The van der Waals surface area contributed by atoms with Gasteiger partial charge in [-0.1, -0.05) is 13.3 Å². The molecule has 7 nitrogen and oxygen atoms in total. The molecule has 0 aliphatic heterocycles. The SMILES string of the molecule is CCC1CCC(Nc2ncccc2[N+](=O)[O-])(C(=O)O)CC1. The van der Waals surface area contributed by atoms with Crippen molar-refractivity contribution in [1.29, 1.82) is 0 Å². The second-order valence-corrected chi connectivity index (χ2v) is 5.49. The molecular weight excluding hydrogens is 274 g/mol. The Balaban J connectivity index is 2.26. The number of hydrogen-bond acceptors (Lipinski definition) is 5. The summed E-state index contributed by atoms with van der Waals surface area (Å²) in [6.45, 7) is 2.09. The molecule has 2 rings (SSSR count). The van der Waals surface area contributed by atoms with Crippen molar-refractivity contribution in [2.24, 2.45) is 5.92 Å². The number of carboxylic acid groups (broad SMARTS) is 1. The Morgan fingerprint density at radius 2 is 2.24 bits per heavy atom. The highest BCUT2D eigenvalue weighted by Crippen LogP contribution is 2.37. The number of aromatic nitrogens is 1. The van der Waals surface area contributed by atoms with Gasteiger partial charge >= 0.3 is 11.7 Å². The summed E-state index contributed by atoms with van der Waals surface area (Å²) in [6.07, 6.45) is 4.96. The second-order valence-electron chi connectivity index (χ2n) is 5.49. The smallest absolute Gasteiger partial charge is 0.329 e. The monoisotopic (exact) mass is 293 g/mol. The molecular formula is C14H19N3O4. The topological polar surface area (TPSA) is 105 Å². The lowest BCUT2D eigenvalue weighted by Gasteiger charge is -2.37. The van der Waals surface area contributed by atoms with Crippen molar-refractivity contribution in [3.63, 3.8) is 0 Å². The van der Waals surface area contributed by atoms with E-state index in [1.54, 1.807) is 0 Å². The molecule has 1 heterocycles. The minimum atomic E-state index is -1.16. The van der Waals surface area contributed by atoms with Gasteiger partial charge in [0, 0.05) is 12.3 Å². The van der Waals surface area contributed by atoms with Crippen LogP contribution < -0.4 is 5.32 Å². The standard InChI is InChI=1S/C14H19N3O4/c1-2-10-5-7-14(8-6-10,13(18)19)16-12-11(17(20)21)4-3-9-15-12/h3-4,9-10H,2,5-8H2,1H3,(H,15,16)(H,18,19). The molecule has 1 aliphatic carbocycles. The van der Waals surface area contributed by atoms with E-state index in [0.29, 0.717) is 18.8 Å². The first-order chi connectivity index (χ1) is 9.98. The molecule has 1 aromatic heterocycles. The van der Waals surface area contributed by atoms with E-state index in [4.69, 9.17) is 0 Å². The number of carboxylic acids is 1. The quantitative estimate of drug-likeness (QED) is 0.638. The number of rotatable bonds is 5. The molecule has 7 heteroatoms. The largest absolute Gasteiger partial charge is 0.480 e. The number of anilines is 1. The summed E-state index contributed by atoms with van der Waals surface area (Å²) in [5, 5.41) is 23.4. The molecule has 1 aliphatic rings. The predicted molar refractivity (Wildman–Crippen MR) is 77.1 cm³/mol. The summed E-state index contributed by atoms with van der Waals surface area (Å²) in [6, 6.07) is 2.79. The molecule has 0 amide bonds. The van der Waals surface area contributed by atoms with Gasteiger partial charge in [-0.15, -0.1) is 0 Å². The van der Waals surface area contributed by atoms with E-state index >= 15 is 0 Å². The van der Waals surface area contributed by atoms with Crippen molar-refractivity contribution in [3.8, 4) is 0 Å². The van der Waals surface area contributed by atoms with E-state index in [-0.39, 0.29) is 11.5 Å². The van der Waals surface area contributed by atoms with E-state index in [0.717, 1.165) is 19.3 Å². The number of nitro groups is 1. The van der Waals surface area contributed by atoms with Crippen molar-refractivity contribution in [2.45, 2.75) is 44.6 Å². The van der Waals surface area contributed by atoms with Gasteiger partial charge in [0.05, 0.1) is 4.92 Å². The average molecular weight is 293 g/mol. The van der Waals surface area contributed by atoms with Gasteiger partial charge < -0.3 is 10.4 Å². The summed E-state index contributed by atoms with van der Waals surface area (Å²) < 4.78 is 0. The zero-order valence-corrected chi connectivity index (χ0v) is 11.9. The molecule has 2 N–H and O–H groups in total. The molecule has 0 bridgehead atoms. The summed E-state index contributed by atoms with van der Waals surface area (Å²) in [4.78, 5) is 26.1. The molecule has 1 saturated carbocycles. The summed E-state index contributed by atoms with van der Waals surface area (Å²) in [7, 11) is 0. The third-order valence-corrected chi connectivity index (χ3v) is 4.29. The minimum absolute atomic E-state index is 0.0276. The first kappa shape index (κ1) is 15.2. The Morgan fingerprint density at radius 3 is 2.76 bits per heavy atom. The lowest BCUT2D eigenvalue weighted by molar-refractivity contribution is -0.384. The Hall–Kier alpha value is -2.18. The van der Waals surface area contributed by atoms with E-state index in [1.165, 1.54) is 18.3 Å². The number of nitrogens with one attached hydrogen (secondary N) is 1. The lowest BCUT2D eigenvalue weighted by atomic mass is 9.75. The summed E-state index contributed by atoms with van der Waals surface area (Å²) in [5.41, 5.74) is -1.36. The average Bonchev–Trinajstić information content (AvgIpc) is 2.48. The molecule has 1 fully saturated rings. The van der Waals surface area contributed by atoms with Crippen LogP contribution in [0.2, 0.25) is 0 Å². The van der Waals surface area contributed by atoms with Crippen LogP contribution in [0.4, 0.5) is 11.5 Å². The third kappa shape index (κ3) is 3.12. The molecule has 114 valence electrons. The molecule has 0 aromatic carbocycles. The Kier molecular flexibility index (Phi) is 4.40.